The van der Waals surface area contributed by atoms with E-state index in [9.17, 15) is 23.3 Å². The molecule has 0 spiro atoms. The number of sulfonamides is 1. The smallest absolute Gasteiger partial charge is 0.271 e. The Bertz CT molecular complexity index is 1080. The number of halogens is 1. The molecule has 1 aliphatic heterocycles. The van der Waals surface area contributed by atoms with E-state index in [0.29, 0.717) is 13.1 Å². The van der Waals surface area contributed by atoms with Crippen molar-refractivity contribution in [1.29, 1.82) is 0 Å². The van der Waals surface area contributed by atoms with Crippen LogP contribution < -0.4 is 9.46 Å². The minimum atomic E-state index is -4.17. The molecule has 0 unspecified atom stereocenters. The van der Waals surface area contributed by atoms with Crippen molar-refractivity contribution in [1.82, 2.24) is 4.90 Å². The van der Waals surface area contributed by atoms with Crippen LogP contribution in [0.5, 0.6) is 5.75 Å². The van der Waals surface area contributed by atoms with E-state index in [2.05, 4.69) is 4.72 Å². The summed E-state index contributed by atoms with van der Waals surface area (Å²) in [7, 11) is -2.77. The van der Waals surface area contributed by atoms with Gasteiger partial charge in [0.2, 0.25) is 0 Å². The maximum atomic E-state index is 12.9. The van der Waals surface area contributed by atoms with Crippen LogP contribution in [0.3, 0.4) is 0 Å². The first-order valence-electron chi connectivity index (χ1n) is 9.17. The molecule has 0 aliphatic carbocycles. The first kappa shape index (κ1) is 21.8. The molecule has 1 saturated heterocycles. The van der Waals surface area contributed by atoms with Gasteiger partial charge in [-0.05, 0) is 43.5 Å². The van der Waals surface area contributed by atoms with Crippen LogP contribution in [-0.2, 0) is 10.0 Å². The zero-order chi connectivity index (χ0) is 21.9. The number of nitrogens with one attached hydrogen (secondary N) is 1. The Morgan fingerprint density at radius 3 is 2.50 bits per heavy atom. The molecule has 30 heavy (non-hydrogen) atoms. The number of carbonyl (C=O) groups is 1. The summed E-state index contributed by atoms with van der Waals surface area (Å²) >= 11 is 6.00. The predicted octanol–water partition coefficient (Wildman–Crippen LogP) is 3.68. The van der Waals surface area contributed by atoms with Crippen molar-refractivity contribution in [2.75, 3.05) is 24.9 Å². The average molecular weight is 454 g/mol. The number of piperidine rings is 1. The topological polar surface area (TPSA) is 119 Å². The Morgan fingerprint density at radius 1 is 1.17 bits per heavy atom. The molecule has 11 heteroatoms. The number of likely N-dealkylation sites (tertiary alicyclic amines) is 1. The lowest BCUT2D eigenvalue weighted by Gasteiger charge is -2.27. The number of methoxy groups -OCH3 is 1. The fourth-order valence-electron chi connectivity index (χ4n) is 3.20. The van der Waals surface area contributed by atoms with E-state index in [1.54, 1.807) is 4.90 Å². The van der Waals surface area contributed by atoms with Crippen molar-refractivity contribution in [3.63, 3.8) is 0 Å². The predicted molar refractivity (Wildman–Crippen MR) is 112 cm³/mol. The van der Waals surface area contributed by atoms with Gasteiger partial charge in [-0.15, -0.1) is 0 Å². The van der Waals surface area contributed by atoms with Crippen molar-refractivity contribution in [3.8, 4) is 5.75 Å². The second-order valence-electron chi connectivity index (χ2n) is 6.74. The van der Waals surface area contributed by atoms with E-state index in [4.69, 9.17) is 16.3 Å². The summed E-state index contributed by atoms with van der Waals surface area (Å²) in [6.07, 6.45) is 2.82. The summed E-state index contributed by atoms with van der Waals surface area (Å²) < 4.78 is 33.3. The van der Waals surface area contributed by atoms with E-state index < -0.39 is 14.9 Å². The van der Waals surface area contributed by atoms with Gasteiger partial charge in [-0.2, -0.15) is 0 Å². The van der Waals surface area contributed by atoms with Gasteiger partial charge in [0.15, 0.2) is 0 Å². The van der Waals surface area contributed by atoms with Crippen LogP contribution in [0.2, 0.25) is 5.02 Å². The Hall–Kier alpha value is -2.85. The van der Waals surface area contributed by atoms with E-state index >= 15 is 0 Å². The van der Waals surface area contributed by atoms with Crippen LogP contribution >= 0.6 is 11.6 Å². The number of benzene rings is 2. The normalized spacial score (nSPS) is 14.3. The third-order valence-electron chi connectivity index (χ3n) is 4.76. The number of non-ortho nitro benzene ring substituents is 1. The Kier molecular flexibility index (Phi) is 6.47. The summed E-state index contributed by atoms with van der Waals surface area (Å²) in [6, 6.07) is 7.37. The van der Waals surface area contributed by atoms with E-state index in [1.165, 1.54) is 37.4 Å². The summed E-state index contributed by atoms with van der Waals surface area (Å²) in [4.78, 5) is 24.7. The largest absolute Gasteiger partial charge is 0.496 e. The number of nitrogens with zero attached hydrogens (tertiary/aromatic N) is 2. The molecule has 0 bridgehead atoms. The van der Waals surface area contributed by atoms with Gasteiger partial charge < -0.3 is 9.64 Å². The quantitative estimate of drug-likeness (QED) is 0.526. The van der Waals surface area contributed by atoms with Crippen LogP contribution in [0.1, 0.15) is 29.6 Å². The number of nitro benzene ring substituents is 1. The lowest BCUT2D eigenvalue weighted by Crippen LogP contribution is -2.35. The lowest BCUT2D eigenvalue weighted by molar-refractivity contribution is -0.384. The Labute approximate surface area is 178 Å². The maximum absolute atomic E-state index is 12.9. The number of carbonyl (C=O) groups excluding carboxylic acids is 1. The molecule has 3 rings (SSSR count). The highest BCUT2D eigenvalue weighted by molar-refractivity contribution is 7.92. The molecule has 0 atom stereocenters. The third-order valence-corrected chi connectivity index (χ3v) is 6.45. The van der Waals surface area contributed by atoms with E-state index in [-0.39, 0.29) is 38.5 Å². The lowest BCUT2D eigenvalue weighted by atomic mass is 10.1. The molecule has 9 nitrogen and oxygen atoms in total. The molecule has 1 aliphatic rings. The molecule has 2 aromatic rings. The highest BCUT2D eigenvalue weighted by atomic mass is 35.5. The first-order chi connectivity index (χ1) is 14.2. The molecule has 1 heterocycles. The Morgan fingerprint density at radius 2 is 1.87 bits per heavy atom. The first-order valence-corrected chi connectivity index (χ1v) is 11.0. The van der Waals surface area contributed by atoms with Crippen molar-refractivity contribution < 1.29 is 22.9 Å². The minimum absolute atomic E-state index is 0.00213. The fraction of sp³-hybridized carbons (Fsp3) is 0.316. The molecule has 1 amide bonds. The van der Waals surface area contributed by atoms with Crippen LogP contribution in [0, 0.1) is 10.1 Å². The van der Waals surface area contributed by atoms with Crippen LogP contribution in [0.15, 0.2) is 41.3 Å². The molecule has 1 fully saturated rings. The number of amides is 1. The fourth-order valence-corrected chi connectivity index (χ4v) is 4.51. The zero-order valence-electron chi connectivity index (χ0n) is 16.1. The molecule has 1 N–H and O–H groups in total. The molecule has 2 aromatic carbocycles. The molecular formula is C19H20ClN3O6S. The maximum Gasteiger partial charge on any atom is 0.271 e. The summed E-state index contributed by atoms with van der Waals surface area (Å²) in [5, 5.41) is 11.0. The monoisotopic (exact) mass is 453 g/mol. The van der Waals surface area contributed by atoms with Gasteiger partial charge in [0.1, 0.15) is 5.75 Å². The Balaban J connectivity index is 1.95. The van der Waals surface area contributed by atoms with E-state index in [1.807, 2.05) is 0 Å². The molecule has 160 valence electrons. The highest BCUT2D eigenvalue weighted by Gasteiger charge is 2.25. The molecule has 0 saturated carbocycles. The summed E-state index contributed by atoms with van der Waals surface area (Å²) in [6.45, 7) is 1.20. The number of nitro groups is 1. The number of hydrogen-bond acceptors (Lipinski definition) is 6. The molecule has 0 aromatic heterocycles. The van der Waals surface area contributed by atoms with Gasteiger partial charge in [-0.1, -0.05) is 11.6 Å². The summed E-state index contributed by atoms with van der Waals surface area (Å²) in [5.41, 5.74) is -0.314. The highest BCUT2D eigenvalue weighted by Crippen LogP contribution is 2.30. The molecule has 0 radical (unpaired) electrons. The van der Waals surface area contributed by atoms with Crippen molar-refractivity contribution in [3.05, 3.63) is 57.1 Å². The average Bonchev–Trinajstić information content (AvgIpc) is 2.74. The minimum Gasteiger partial charge on any atom is -0.496 e. The SMILES string of the molecule is COc1ccc(S(=O)(=O)Nc2cc([N+](=O)[O-])ccc2Cl)cc1C(=O)N1CCCCC1. The second-order valence-corrected chi connectivity index (χ2v) is 8.83. The van der Waals surface area contributed by atoms with Crippen molar-refractivity contribution in [2.24, 2.45) is 0 Å². The van der Waals surface area contributed by atoms with E-state index in [0.717, 1.165) is 25.3 Å². The standard InChI is InChI=1S/C19H20ClN3O6S/c1-29-18-8-6-14(12-15(18)19(24)22-9-3-2-4-10-22)30(27,28)21-17-11-13(23(25)26)5-7-16(17)20/h5-8,11-12,21H,2-4,9-10H2,1H3. The third kappa shape index (κ3) is 4.65. The molecular weight excluding hydrogens is 434 g/mol. The van der Waals surface area contributed by atoms with Gasteiger partial charge in [-0.25, -0.2) is 8.42 Å². The van der Waals surface area contributed by atoms with Gasteiger partial charge in [-0.3, -0.25) is 19.6 Å². The van der Waals surface area contributed by atoms with Crippen molar-refractivity contribution >= 4 is 38.9 Å². The second kappa shape index (κ2) is 8.88. The van der Waals surface area contributed by atoms with Crippen molar-refractivity contribution in [2.45, 2.75) is 24.2 Å². The van der Waals surface area contributed by atoms with Crippen LogP contribution in [0.25, 0.3) is 0 Å². The van der Waals surface area contributed by atoms with Gasteiger partial charge in [0.05, 0.1) is 33.2 Å². The van der Waals surface area contributed by atoms with Crippen LogP contribution in [-0.4, -0.2) is 44.3 Å². The zero-order valence-corrected chi connectivity index (χ0v) is 17.7. The number of hydrogen-bond donors (Lipinski definition) is 1. The van der Waals surface area contributed by atoms with Gasteiger partial charge in [0.25, 0.3) is 21.6 Å². The number of ether oxygens (including phenoxy) is 1. The number of rotatable bonds is 6. The summed E-state index contributed by atoms with van der Waals surface area (Å²) in [5.74, 6) is -0.0464. The number of anilines is 1. The van der Waals surface area contributed by atoms with Crippen LogP contribution in [0.4, 0.5) is 11.4 Å². The van der Waals surface area contributed by atoms with Gasteiger partial charge in [0, 0.05) is 25.2 Å². The van der Waals surface area contributed by atoms with Gasteiger partial charge >= 0.3 is 0 Å².